The van der Waals surface area contributed by atoms with Gasteiger partial charge in [-0.3, -0.25) is 9.59 Å². The van der Waals surface area contributed by atoms with E-state index in [1.165, 1.54) is 0 Å². The molecule has 6 heteroatoms. The van der Waals surface area contributed by atoms with E-state index in [1.807, 2.05) is 48.5 Å². The van der Waals surface area contributed by atoms with Crippen LogP contribution in [0.15, 0.2) is 72.9 Å². The summed E-state index contributed by atoms with van der Waals surface area (Å²) >= 11 is 0. The topological polar surface area (TPSA) is 62.7 Å². The molecule has 1 aliphatic heterocycles. The third-order valence-corrected chi connectivity index (χ3v) is 5.26. The zero-order chi connectivity index (χ0) is 22.3. The first kappa shape index (κ1) is 21.1. The predicted molar refractivity (Wildman–Crippen MR) is 121 cm³/mol. The molecule has 2 heterocycles. The van der Waals surface area contributed by atoms with Crippen LogP contribution >= 0.6 is 0 Å². The van der Waals surface area contributed by atoms with E-state index in [-0.39, 0.29) is 18.4 Å². The van der Waals surface area contributed by atoms with Gasteiger partial charge in [-0.05, 0) is 41.8 Å². The number of carbonyl (C=O) groups excluding carboxylic acids is 2. The fraction of sp³-hybridized carbons (Fsp3) is 0.192. The molecule has 32 heavy (non-hydrogen) atoms. The monoisotopic (exact) mass is 425 g/mol. The lowest BCUT2D eigenvalue weighted by molar-refractivity contribution is -0.135. The van der Waals surface area contributed by atoms with Crippen LogP contribution in [0.3, 0.4) is 0 Å². The van der Waals surface area contributed by atoms with Gasteiger partial charge in [-0.25, -0.2) is 4.98 Å². The molecule has 2 amide bonds. The molecule has 0 radical (unpaired) electrons. The maximum absolute atomic E-state index is 13.1. The van der Waals surface area contributed by atoms with Crippen LogP contribution in [0.25, 0.3) is 0 Å². The summed E-state index contributed by atoms with van der Waals surface area (Å²) in [6.07, 6.45) is 1.68. The smallest absolute Gasteiger partial charge is 0.254 e. The molecule has 160 valence electrons. The van der Waals surface area contributed by atoms with E-state index in [4.69, 9.17) is 4.74 Å². The highest BCUT2D eigenvalue weighted by Gasteiger charge is 2.28. The number of amides is 2. The predicted octanol–water partition coefficient (Wildman–Crippen LogP) is 2.97. The van der Waals surface area contributed by atoms with E-state index < -0.39 is 0 Å². The van der Waals surface area contributed by atoms with Crippen LogP contribution in [0.5, 0.6) is 5.75 Å². The number of carbonyl (C=O) groups is 2. The minimum Gasteiger partial charge on any atom is -0.495 e. The molecule has 0 bridgehead atoms. The molecule has 3 aromatic rings. The molecule has 0 unspecified atom stereocenters. The molecule has 1 aliphatic rings. The number of benzene rings is 2. The Kier molecular flexibility index (Phi) is 6.47. The number of ether oxygens (including phenoxy) is 1. The molecule has 0 aliphatic carbocycles. The van der Waals surface area contributed by atoms with Crippen molar-refractivity contribution >= 4 is 11.8 Å². The molecule has 1 fully saturated rings. The van der Waals surface area contributed by atoms with Crippen LogP contribution in [0.4, 0.5) is 0 Å². The largest absolute Gasteiger partial charge is 0.495 e. The summed E-state index contributed by atoms with van der Waals surface area (Å²) in [5, 5.41) is 0. The summed E-state index contributed by atoms with van der Waals surface area (Å²) in [4.78, 5) is 33.3. The van der Waals surface area contributed by atoms with Crippen molar-refractivity contribution < 1.29 is 14.3 Å². The number of methoxy groups -OCH3 is 1. The number of piperazine rings is 1. The van der Waals surface area contributed by atoms with Gasteiger partial charge in [-0.2, -0.15) is 0 Å². The molecular formula is C26H23N3O3. The fourth-order valence-corrected chi connectivity index (χ4v) is 3.54. The van der Waals surface area contributed by atoms with Crippen molar-refractivity contribution in [1.82, 2.24) is 14.8 Å². The summed E-state index contributed by atoms with van der Waals surface area (Å²) in [5.41, 5.74) is 2.77. The maximum atomic E-state index is 13.1. The number of hydrogen-bond donors (Lipinski definition) is 0. The van der Waals surface area contributed by atoms with E-state index >= 15 is 0 Å². The Morgan fingerprint density at radius 1 is 1.03 bits per heavy atom. The van der Waals surface area contributed by atoms with Gasteiger partial charge >= 0.3 is 0 Å². The van der Waals surface area contributed by atoms with Gasteiger partial charge in [0.15, 0.2) is 0 Å². The second-order valence-corrected chi connectivity index (χ2v) is 7.41. The molecule has 2 aromatic carbocycles. The minimum atomic E-state index is -0.193. The van der Waals surface area contributed by atoms with Crippen LogP contribution in [-0.4, -0.2) is 53.3 Å². The first-order valence-corrected chi connectivity index (χ1v) is 10.4. The van der Waals surface area contributed by atoms with Crippen molar-refractivity contribution in [1.29, 1.82) is 0 Å². The molecule has 0 N–H and O–H groups in total. The summed E-state index contributed by atoms with van der Waals surface area (Å²) in [7, 11) is 1.56. The lowest BCUT2D eigenvalue weighted by Crippen LogP contribution is -2.51. The number of nitrogens with zero attached hydrogens (tertiary/aromatic N) is 3. The molecule has 0 spiro atoms. The Balaban J connectivity index is 1.48. The standard InChI is InChI=1S/C26H23N3O3/c1-32-24-13-11-22(17-21(24)10-12-23-9-5-6-14-27-23)26(31)29-16-15-28(25(30)19-29)18-20-7-3-2-4-8-20/h2-9,11,13-14,17H,15-16,18-19H2,1H3. The third-order valence-electron chi connectivity index (χ3n) is 5.26. The lowest BCUT2D eigenvalue weighted by atomic mass is 10.1. The van der Waals surface area contributed by atoms with Crippen molar-refractivity contribution in [3.05, 3.63) is 95.3 Å². The number of pyridine rings is 1. The van der Waals surface area contributed by atoms with Crippen LogP contribution in [0.1, 0.15) is 27.2 Å². The molecule has 6 nitrogen and oxygen atoms in total. The van der Waals surface area contributed by atoms with Crippen LogP contribution in [-0.2, 0) is 11.3 Å². The first-order chi connectivity index (χ1) is 15.6. The number of rotatable bonds is 4. The second-order valence-electron chi connectivity index (χ2n) is 7.41. The zero-order valence-corrected chi connectivity index (χ0v) is 17.8. The van der Waals surface area contributed by atoms with Gasteiger partial charge in [0.25, 0.3) is 5.91 Å². The molecule has 4 rings (SSSR count). The van der Waals surface area contributed by atoms with Gasteiger partial charge < -0.3 is 14.5 Å². The van der Waals surface area contributed by atoms with Gasteiger partial charge in [0.2, 0.25) is 5.91 Å². The normalized spacial score (nSPS) is 13.3. The van der Waals surface area contributed by atoms with E-state index in [1.54, 1.807) is 41.3 Å². The SMILES string of the molecule is COc1ccc(C(=O)N2CCN(Cc3ccccc3)C(=O)C2)cc1C#Cc1ccccn1. The number of aromatic nitrogens is 1. The highest BCUT2D eigenvalue weighted by atomic mass is 16.5. The van der Waals surface area contributed by atoms with E-state index in [0.29, 0.717) is 42.2 Å². The number of hydrogen-bond acceptors (Lipinski definition) is 4. The summed E-state index contributed by atoms with van der Waals surface area (Å²) in [6, 6.07) is 20.5. The highest BCUT2D eigenvalue weighted by Crippen LogP contribution is 2.21. The van der Waals surface area contributed by atoms with Gasteiger partial charge in [-0.15, -0.1) is 0 Å². The van der Waals surface area contributed by atoms with E-state index in [9.17, 15) is 9.59 Å². The molecular weight excluding hydrogens is 402 g/mol. The van der Waals surface area contributed by atoms with Crippen molar-refractivity contribution in [2.75, 3.05) is 26.7 Å². The van der Waals surface area contributed by atoms with Crippen LogP contribution in [0.2, 0.25) is 0 Å². The first-order valence-electron chi connectivity index (χ1n) is 10.4. The van der Waals surface area contributed by atoms with Gasteiger partial charge in [0.1, 0.15) is 18.0 Å². The fourth-order valence-electron chi connectivity index (χ4n) is 3.54. The maximum Gasteiger partial charge on any atom is 0.254 e. The lowest BCUT2D eigenvalue weighted by Gasteiger charge is -2.34. The summed E-state index contributed by atoms with van der Waals surface area (Å²) < 4.78 is 5.39. The molecule has 0 atom stereocenters. The van der Waals surface area contributed by atoms with Gasteiger partial charge in [-0.1, -0.05) is 42.3 Å². The molecule has 0 saturated carbocycles. The Morgan fingerprint density at radius 2 is 1.84 bits per heavy atom. The Morgan fingerprint density at radius 3 is 2.56 bits per heavy atom. The Labute approximate surface area is 187 Å². The Hall–Kier alpha value is -4.11. The average molecular weight is 425 g/mol. The summed E-state index contributed by atoms with van der Waals surface area (Å²) in [6.45, 7) is 1.60. The average Bonchev–Trinajstić information content (AvgIpc) is 2.84. The van der Waals surface area contributed by atoms with Gasteiger partial charge in [0.05, 0.1) is 12.7 Å². The Bertz CT molecular complexity index is 1170. The quantitative estimate of drug-likeness (QED) is 0.603. The van der Waals surface area contributed by atoms with E-state index in [0.717, 1.165) is 5.56 Å². The second kappa shape index (κ2) is 9.80. The highest BCUT2D eigenvalue weighted by molar-refractivity contribution is 5.97. The van der Waals surface area contributed by atoms with Crippen molar-refractivity contribution in [2.45, 2.75) is 6.54 Å². The summed E-state index contributed by atoms with van der Waals surface area (Å²) in [5.74, 6) is 6.35. The van der Waals surface area contributed by atoms with Crippen molar-refractivity contribution in [2.24, 2.45) is 0 Å². The molecule has 1 aromatic heterocycles. The molecule has 1 saturated heterocycles. The minimum absolute atomic E-state index is 0.0582. The van der Waals surface area contributed by atoms with Crippen molar-refractivity contribution in [3.63, 3.8) is 0 Å². The zero-order valence-electron chi connectivity index (χ0n) is 17.8. The van der Waals surface area contributed by atoms with Gasteiger partial charge in [0, 0.05) is 31.4 Å². The van der Waals surface area contributed by atoms with Crippen LogP contribution in [0, 0.1) is 11.8 Å². The van der Waals surface area contributed by atoms with E-state index in [2.05, 4.69) is 16.8 Å². The van der Waals surface area contributed by atoms with Crippen LogP contribution < -0.4 is 4.74 Å². The van der Waals surface area contributed by atoms with Crippen molar-refractivity contribution in [3.8, 4) is 17.6 Å². The third kappa shape index (κ3) is 4.96.